The van der Waals surface area contributed by atoms with Crippen LogP contribution in [0.2, 0.25) is 19.6 Å². The fourth-order valence-corrected chi connectivity index (χ4v) is 7.15. The summed E-state index contributed by atoms with van der Waals surface area (Å²) in [6.45, 7) is 9.87. The first kappa shape index (κ1) is 24.4. The standard InChI is InChI=1S/C24H24NS.C14H16NSi.Ir/c1-5-16-10-11-25-22(12-16)19-9-7-8-18-21-14-20(15(3)4)17(6-2)13-23(21)26-24(18)19;1-16(2,3)13-9-10-14(15-11-13)12-7-5-4-6-8-12;/h7-8,10-15H,5-6H2,1-4H3;4-7,9-11H,1-3H3;/q2*-1;/i1D3,5D2,6D2;;. The van der Waals surface area contributed by atoms with Crippen LogP contribution in [0.1, 0.15) is 59.8 Å². The first-order valence-electron chi connectivity index (χ1n) is 17.6. The molecule has 0 fully saturated rings. The minimum absolute atomic E-state index is 0. The third kappa shape index (κ3) is 7.41. The van der Waals surface area contributed by atoms with Crippen molar-refractivity contribution in [2.24, 2.45) is 0 Å². The molecule has 3 aromatic carbocycles. The largest absolute Gasteiger partial charge is 0.305 e. The molecule has 0 unspecified atom stereocenters. The van der Waals surface area contributed by atoms with Gasteiger partial charge in [0.05, 0.1) is 8.07 Å². The van der Waals surface area contributed by atoms with E-state index in [4.69, 9.17) is 9.60 Å². The van der Waals surface area contributed by atoms with Crippen LogP contribution in [0, 0.1) is 12.1 Å². The fraction of sp³-hybridized carbons (Fsp3) is 0.263. The van der Waals surface area contributed by atoms with Gasteiger partial charge >= 0.3 is 0 Å². The van der Waals surface area contributed by atoms with E-state index in [1.54, 1.807) is 13.0 Å². The van der Waals surface area contributed by atoms with Crippen molar-refractivity contribution in [2.75, 3.05) is 0 Å². The van der Waals surface area contributed by atoms with Crippen molar-refractivity contribution in [3.63, 3.8) is 0 Å². The summed E-state index contributed by atoms with van der Waals surface area (Å²) in [5.41, 5.74) is 4.87. The Hall–Kier alpha value is -2.95. The van der Waals surface area contributed by atoms with Crippen molar-refractivity contribution in [3.05, 3.63) is 114 Å². The van der Waals surface area contributed by atoms with Crippen LogP contribution >= 0.6 is 11.3 Å². The van der Waals surface area contributed by atoms with E-state index in [1.807, 2.05) is 42.6 Å². The van der Waals surface area contributed by atoms with Crippen LogP contribution in [0.5, 0.6) is 0 Å². The number of hydrogen-bond acceptors (Lipinski definition) is 3. The number of thiophene rings is 1. The summed E-state index contributed by atoms with van der Waals surface area (Å²) in [4.78, 5) is 8.91. The van der Waals surface area contributed by atoms with Crippen LogP contribution in [0.25, 0.3) is 42.7 Å². The van der Waals surface area contributed by atoms with Crippen LogP contribution in [0.4, 0.5) is 0 Å². The molecule has 0 bridgehead atoms. The monoisotopic (exact) mass is 784 g/mol. The maximum Gasteiger partial charge on any atom is 0.0795 e. The third-order valence-corrected chi connectivity index (χ3v) is 10.5. The topological polar surface area (TPSA) is 25.8 Å². The van der Waals surface area contributed by atoms with Gasteiger partial charge in [-0.15, -0.1) is 59.7 Å². The first-order valence-corrected chi connectivity index (χ1v) is 18.4. The van der Waals surface area contributed by atoms with Crippen molar-refractivity contribution in [1.82, 2.24) is 9.97 Å². The number of fused-ring (bicyclic) bond motifs is 3. The van der Waals surface area contributed by atoms with Gasteiger partial charge in [0.15, 0.2) is 0 Å². The van der Waals surface area contributed by atoms with Gasteiger partial charge in [0.1, 0.15) is 0 Å². The molecule has 0 aliphatic rings. The van der Waals surface area contributed by atoms with Crippen molar-refractivity contribution in [1.29, 1.82) is 0 Å². The quantitative estimate of drug-likeness (QED) is 0.124. The molecular formula is C38H40IrN2SSi-2. The maximum atomic E-state index is 8.30. The number of nitrogens with zero attached hydrogens (tertiary/aromatic N) is 2. The molecule has 0 N–H and O–H groups in total. The van der Waals surface area contributed by atoms with Crippen LogP contribution in [0.15, 0.2) is 85.2 Å². The second-order valence-corrected chi connectivity index (χ2v) is 17.7. The smallest absolute Gasteiger partial charge is 0.0795 e. The number of pyridine rings is 2. The van der Waals surface area contributed by atoms with Gasteiger partial charge < -0.3 is 9.97 Å². The minimum atomic E-state index is -2.80. The SMILES string of the molecule is C[Si](C)(C)c1ccc(-c2[c-]cccc2)nc1.[2H]C([2H])(C)c1cc2sc3c(-c4cc(C([2H])([2H])C([2H])([2H])[2H])ccn4)[c-]ccc3c2cc1C(C)C.[Ir]. The Labute approximate surface area is 285 Å². The molecule has 3 heterocycles. The van der Waals surface area contributed by atoms with Crippen LogP contribution < -0.4 is 5.19 Å². The van der Waals surface area contributed by atoms with E-state index in [9.17, 15) is 0 Å². The number of rotatable bonds is 6. The van der Waals surface area contributed by atoms with Gasteiger partial charge in [-0.25, -0.2) is 0 Å². The minimum Gasteiger partial charge on any atom is -0.305 e. The van der Waals surface area contributed by atoms with Gasteiger partial charge in [-0.3, -0.25) is 0 Å². The summed E-state index contributed by atoms with van der Waals surface area (Å²) in [5, 5.41) is 3.41. The van der Waals surface area contributed by atoms with Gasteiger partial charge in [-0.2, -0.15) is 11.3 Å². The number of benzene rings is 3. The Balaban J connectivity index is 0.000000277. The fourth-order valence-electron chi connectivity index (χ4n) is 4.88. The van der Waals surface area contributed by atoms with Gasteiger partial charge in [0, 0.05) is 46.8 Å². The van der Waals surface area contributed by atoms with Crippen molar-refractivity contribution in [2.45, 2.75) is 65.9 Å². The number of hydrogen-bond donors (Lipinski definition) is 0. The Kier molecular flexibility index (Phi) is 8.06. The van der Waals surface area contributed by atoms with Gasteiger partial charge in [-0.05, 0) is 68.6 Å². The number of aromatic nitrogens is 2. The molecule has 0 aliphatic heterocycles. The Morgan fingerprint density at radius 3 is 2.40 bits per heavy atom. The molecule has 0 atom stereocenters. The Bertz CT molecular complexity index is 2080. The van der Waals surface area contributed by atoms with E-state index in [1.165, 1.54) is 34.9 Å². The van der Waals surface area contributed by atoms with E-state index in [0.717, 1.165) is 37.0 Å². The van der Waals surface area contributed by atoms with E-state index in [2.05, 4.69) is 73.8 Å². The van der Waals surface area contributed by atoms with Gasteiger partial charge in [0.25, 0.3) is 0 Å². The van der Waals surface area contributed by atoms with Gasteiger partial charge in [0.2, 0.25) is 0 Å². The molecule has 2 nitrogen and oxygen atoms in total. The molecule has 3 aromatic heterocycles. The molecule has 6 aromatic rings. The summed E-state index contributed by atoms with van der Waals surface area (Å²) in [6, 6.07) is 29.3. The summed E-state index contributed by atoms with van der Waals surface area (Å²) in [6.07, 6.45) is -0.542. The predicted molar refractivity (Wildman–Crippen MR) is 186 cm³/mol. The molecule has 0 aliphatic carbocycles. The Morgan fingerprint density at radius 1 is 0.907 bits per heavy atom. The molecule has 223 valence electrons. The molecule has 5 heteroatoms. The molecule has 1 radical (unpaired) electrons. The van der Waals surface area contributed by atoms with E-state index in [0.29, 0.717) is 16.8 Å². The average molecular weight is 784 g/mol. The summed E-state index contributed by atoms with van der Waals surface area (Å²) < 4.78 is 57.4. The Morgan fingerprint density at radius 2 is 1.74 bits per heavy atom. The van der Waals surface area contributed by atoms with Gasteiger partial charge in [-0.1, -0.05) is 82.5 Å². The first-order chi connectivity index (χ1) is 22.8. The molecule has 43 heavy (non-hydrogen) atoms. The summed E-state index contributed by atoms with van der Waals surface area (Å²) in [5.74, 6) is 0.157. The summed E-state index contributed by atoms with van der Waals surface area (Å²) >= 11 is 1.51. The second kappa shape index (κ2) is 14.2. The zero-order chi connectivity index (χ0) is 35.9. The summed E-state index contributed by atoms with van der Waals surface area (Å²) in [7, 11) is -1.23. The van der Waals surface area contributed by atoms with E-state index >= 15 is 0 Å². The van der Waals surface area contributed by atoms with Crippen molar-refractivity contribution >= 4 is 44.8 Å². The average Bonchev–Trinajstić information content (AvgIpc) is 3.42. The number of aryl methyl sites for hydroxylation is 2. The van der Waals surface area contributed by atoms with Crippen LogP contribution in [-0.2, 0) is 32.9 Å². The van der Waals surface area contributed by atoms with Crippen molar-refractivity contribution < 1.29 is 29.7 Å². The van der Waals surface area contributed by atoms with Crippen LogP contribution in [0.3, 0.4) is 0 Å². The molecule has 0 saturated carbocycles. The zero-order valence-corrected chi connectivity index (χ0v) is 29.5. The predicted octanol–water partition coefficient (Wildman–Crippen LogP) is 10.3. The molecular weight excluding hydrogens is 737 g/mol. The normalized spacial score (nSPS) is 14.7. The second-order valence-electron chi connectivity index (χ2n) is 11.6. The molecule has 6 rings (SSSR count). The molecule has 0 amide bonds. The van der Waals surface area contributed by atoms with Crippen molar-refractivity contribution in [3.8, 4) is 22.5 Å². The molecule has 0 spiro atoms. The zero-order valence-electron chi connectivity index (χ0n) is 32.3. The third-order valence-electron chi connectivity index (χ3n) is 7.27. The van der Waals surface area contributed by atoms with E-state index in [-0.39, 0.29) is 31.6 Å². The maximum absolute atomic E-state index is 8.30. The molecule has 0 saturated heterocycles. The van der Waals surface area contributed by atoms with E-state index < -0.39 is 27.7 Å². The van der Waals surface area contributed by atoms with Crippen LogP contribution in [-0.4, -0.2) is 18.0 Å².